The third-order valence-corrected chi connectivity index (χ3v) is 2.50. The maximum Gasteiger partial charge on any atom is 0.412 e. The Balaban J connectivity index is 3.10. The number of esters is 1. The van der Waals surface area contributed by atoms with Gasteiger partial charge in [-0.25, -0.2) is 4.79 Å². The van der Waals surface area contributed by atoms with E-state index in [1.54, 1.807) is 27.7 Å². The Morgan fingerprint density at radius 2 is 1.96 bits per heavy atom. The number of hydrogen-bond donors (Lipinski definition) is 1. The van der Waals surface area contributed by atoms with Crippen LogP contribution in [0, 0.1) is 10.1 Å². The molecule has 8 heteroatoms. The van der Waals surface area contributed by atoms with E-state index < -0.39 is 28.3 Å². The number of carbonyl (C=O) groups excluding carboxylic acids is 2. The lowest BCUT2D eigenvalue weighted by Gasteiger charge is -2.20. The Labute approximate surface area is 133 Å². The van der Waals surface area contributed by atoms with Gasteiger partial charge >= 0.3 is 17.7 Å². The fourth-order valence-corrected chi connectivity index (χ4v) is 1.66. The first-order chi connectivity index (χ1) is 10.6. The molecule has 0 atom stereocenters. The van der Waals surface area contributed by atoms with E-state index >= 15 is 0 Å². The van der Waals surface area contributed by atoms with Crippen LogP contribution in [-0.2, 0) is 9.53 Å². The molecule has 0 aliphatic heterocycles. The largest absolute Gasteiger partial charge is 0.444 e. The normalized spacial score (nSPS) is 10.8. The van der Waals surface area contributed by atoms with Crippen molar-refractivity contribution in [1.29, 1.82) is 0 Å². The van der Waals surface area contributed by atoms with Gasteiger partial charge in [0.05, 0.1) is 10.6 Å². The summed E-state index contributed by atoms with van der Waals surface area (Å²) in [6, 6.07) is 3.96. The van der Waals surface area contributed by atoms with E-state index in [1.807, 2.05) is 0 Å². The molecular weight excluding hydrogens is 304 g/mol. The molecule has 0 heterocycles. The van der Waals surface area contributed by atoms with Gasteiger partial charge in [0.15, 0.2) is 0 Å². The highest BCUT2D eigenvalue weighted by atomic mass is 16.6. The molecule has 0 aromatic heterocycles. The fraction of sp³-hybridized carbons (Fsp3) is 0.467. The van der Waals surface area contributed by atoms with Crippen molar-refractivity contribution in [3.8, 4) is 5.75 Å². The van der Waals surface area contributed by atoms with Crippen molar-refractivity contribution in [1.82, 2.24) is 0 Å². The summed E-state index contributed by atoms with van der Waals surface area (Å²) in [4.78, 5) is 33.9. The molecule has 0 fully saturated rings. The second kappa shape index (κ2) is 7.57. The molecule has 0 saturated carbocycles. The predicted octanol–water partition coefficient (Wildman–Crippen LogP) is 3.65. The van der Waals surface area contributed by atoms with Gasteiger partial charge in [-0.2, -0.15) is 0 Å². The number of nitro benzene ring substituents is 1. The summed E-state index contributed by atoms with van der Waals surface area (Å²) >= 11 is 0. The van der Waals surface area contributed by atoms with E-state index in [2.05, 4.69) is 5.32 Å². The highest BCUT2D eigenvalue weighted by Gasteiger charge is 2.24. The highest BCUT2D eigenvalue weighted by molar-refractivity contribution is 5.89. The van der Waals surface area contributed by atoms with Crippen molar-refractivity contribution in [3.05, 3.63) is 28.3 Å². The van der Waals surface area contributed by atoms with Crippen LogP contribution in [0.15, 0.2) is 18.2 Å². The first-order valence-corrected chi connectivity index (χ1v) is 7.12. The molecule has 1 aromatic carbocycles. The van der Waals surface area contributed by atoms with Crippen molar-refractivity contribution < 1.29 is 24.0 Å². The second-order valence-electron chi connectivity index (χ2n) is 5.76. The lowest BCUT2D eigenvalue weighted by Crippen LogP contribution is -2.27. The molecule has 1 rings (SSSR count). The molecule has 1 N–H and O–H groups in total. The molecule has 1 amide bonds. The second-order valence-corrected chi connectivity index (χ2v) is 5.76. The summed E-state index contributed by atoms with van der Waals surface area (Å²) in [5.41, 5.74) is -1.15. The number of ether oxygens (including phenoxy) is 2. The number of anilines is 1. The summed E-state index contributed by atoms with van der Waals surface area (Å²) in [6.45, 7) is 6.83. The van der Waals surface area contributed by atoms with Crippen LogP contribution >= 0.6 is 0 Å². The maximum absolute atomic E-state index is 11.8. The van der Waals surface area contributed by atoms with Crippen molar-refractivity contribution in [2.24, 2.45) is 0 Å². The van der Waals surface area contributed by atoms with Crippen LogP contribution < -0.4 is 10.1 Å². The summed E-state index contributed by atoms with van der Waals surface area (Å²) in [7, 11) is 0. The lowest BCUT2D eigenvalue weighted by atomic mass is 10.2. The van der Waals surface area contributed by atoms with Gasteiger partial charge in [-0.05, 0) is 33.3 Å². The highest BCUT2D eigenvalue weighted by Crippen LogP contribution is 2.35. The average Bonchev–Trinajstić information content (AvgIpc) is 2.38. The smallest absolute Gasteiger partial charge is 0.412 e. The minimum absolute atomic E-state index is 0.00194. The number of nitro groups is 1. The number of nitrogens with zero attached hydrogens (tertiary/aromatic N) is 1. The Kier molecular flexibility index (Phi) is 6.06. The zero-order valence-corrected chi connectivity index (χ0v) is 13.5. The van der Waals surface area contributed by atoms with Crippen molar-refractivity contribution in [2.45, 2.75) is 46.1 Å². The Morgan fingerprint density at radius 3 is 2.48 bits per heavy atom. The van der Waals surface area contributed by atoms with Crippen molar-refractivity contribution >= 4 is 23.4 Å². The summed E-state index contributed by atoms with van der Waals surface area (Å²) < 4.78 is 10.1. The predicted molar refractivity (Wildman–Crippen MR) is 83.5 cm³/mol. The van der Waals surface area contributed by atoms with Gasteiger partial charge in [-0.3, -0.25) is 20.2 Å². The standard InChI is InChI=1S/C15H20N2O6/c1-5-7-12(18)22-13-10(8-6-9-11(13)17(20)21)16-14(19)23-15(2,3)4/h6,8-9H,5,7H2,1-4H3,(H,16,19). The van der Waals surface area contributed by atoms with Gasteiger partial charge in [0, 0.05) is 12.5 Å². The molecule has 0 saturated heterocycles. The Bertz CT molecular complexity index is 606. The monoisotopic (exact) mass is 324 g/mol. The zero-order valence-electron chi connectivity index (χ0n) is 13.5. The molecule has 1 aromatic rings. The molecule has 126 valence electrons. The van der Waals surface area contributed by atoms with Crippen LogP contribution in [0.5, 0.6) is 5.75 Å². The Morgan fingerprint density at radius 1 is 1.30 bits per heavy atom. The fourth-order valence-electron chi connectivity index (χ4n) is 1.66. The van der Waals surface area contributed by atoms with Crippen LogP contribution in [0.1, 0.15) is 40.5 Å². The molecule has 0 aliphatic rings. The van der Waals surface area contributed by atoms with Crippen LogP contribution in [0.2, 0.25) is 0 Å². The molecule has 0 bridgehead atoms. The number of benzene rings is 1. The molecule has 0 radical (unpaired) electrons. The number of para-hydroxylation sites is 1. The topological polar surface area (TPSA) is 108 Å². The zero-order chi connectivity index (χ0) is 17.6. The average molecular weight is 324 g/mol. The lowest BCUT2D eigenvalue weighted by molar-refractivity contribution is -0.385. The Hall–Kier alpha value is -2.64. The molecular formula is C15H20N2O6. The van der Waals surface area contributed by atoms with E-state index in [9.17, 15) is 19.7 Å². The third-order valence-electron chi connectivity index (χ3n) is 2.50. The van der Waals surface area contributed by atoms with Gasteiger partial charge in [-0.15, -0.1) is 0 Å². The quantitative estimate of drug-likeness (QED) is 0.383. The van der Waals surface area contributed by atoms with Gasteiger partial charge in [0.25, 0.3) is 0 Å². The molecule has 23 heavy (non-hydrogen) atoms. The number of nitrogens with one attached hydrogen (secondary N) is 1. The number of amides is 1. The summed E-state index contributed by atoms with van der Waals surface area (Å²) in [6.07, 6.45) is -0.155. The number of rotatable bonds is 5. The minimum atomic E-state index is -0.800. The van der Waals surface area contributed by atoms with Crippen molar-refractivity contribution in [2.75, 3.05) is 5.32 Å². The van der Waals surface area contributed by atoms with E-state index in [-0.39, 0.29) is 17.9 Å². The number of hydrogen-bond acceptors (Lipinski definition) is 6. The van der Waals surface area contributed by atoms with Crippen LogP contribution in [0.3, 0.4) is 0 Å². The van der Waals surface area contributed by atoms with Gasteiger partial charge in [0.1, 0.15) is 5.60 Å². The molecule has 0 unspecified atom stereocenters. The van der Waals surface area contributed by atoms with E-state index in [4.69, 9.17) is 9.47 Å². The van der Waals surface area contributed by atoms with E-state index in [0.29, 0.717) is 6.42 Å². The van der Waals surface area contributed by atoms with E-state index in [0.717, 1.165) is 0 Å². The van der Waals surface area contributed by atoms with E-state index in [1.165, 1.54) is 18.2 Å². The maximum atomic E-state index is 11.8. The van der Waals surface area contributed by atoms with Gasteiger partial charge in [-0.1, -0.05) is 13.0 Å². The minimum Gasteiger partial charge on any atom is -0.444 e. The number of carbonyl (C=O) groups is 2. The van der Waals surface area contributed by atoms with Crippen LogP contribution in [0.25, 0.3) is 0 Å². The summed E-state index contributed by atoms with van der Waals surface area (Å²) in [5.74, 6) is -0.921. The van der Waals surface area contributed by atoms with Gasteiger partial charge < -0.3 is 9.47 Å². The van der Waals surface area contributed by atoms with Gasteiger partial charge in [0.2, 0.25) is 5.75 Å². The van der Waals surface area contributed by atoms with Crippen LogP contribution in [-0.4, -0.2) is 22.6 Å². The first kappa shape index (κ1) is 18.4. The molecule has 0 aliphatic carbocycles. The molecule has 8 nitrogen and oxygen atoms in total. The molecule has 0 spiro atoms. The summed E-state index contributed by atoms with van der Waals surface area (Å²) in [5, 5.41) is 13.5. The third kappa shape index (κ3) is 5.93. The SMILES string of the molecule is CCCC(=O)Oc1c(NC(=O)OC(C)(C)C)cccc1[N+](=O)[O-]. The van der Waals surface area contributed by atoms with Crippen LogP contribution in [0.4, 0.5) is 16.2 Å². The van der Waals surface area contributed by atoms with Crippen molar-refractivity contribution in [3.63, 3.8) is 0 Å². The first-order valence-electron chi connectivity index (χ1n) is 7.12.